The van der Waals surface area contributed by atoms with Gasteiger partial charge in [-0.1, -0.05) is 18.7 Å². The average molecular weight is 393 g/mol. The molecule has 6 nitrogen and oxygen atoms in total. The lowest BCUT2D eigenvalue weighted by atomic mass is 9.89. The average Bonchev–Trinajstić information content (AvgIpc) is 2.88. The molecule has 0 fully saturated rings. The first kappa shape index (κ1) is 19.1. The van der Waals surface area contributed by atoms with Crippen LogP contribution in [0.3, 0.4) is 0 Å². The minimum atomic E-state index is -0.474. The monoisotopic (exact) mass is 392 g/mol. The number of amides is 3. The van der Waals surface area contributed by atoms with Gasteiger partial charge in [0.15, 0.2) is 0 Å². The number of aromatic nitrogens is 2. The predicted octanol–water partition coefficient (Wildman–Crippen LogP) is 3.53. The summed E-state index contributed by atoms with van der Waals surface area (Å²) in [5, 5.41) is 7.00. The molecule has 0 aromatic carbocycles. The van der Waals surface area contributed by atoms with Crippen molar-refractivity contribution in [1.82, 2.24) is 20.6 Å². The van der Waals surface area contributed by atoms with Gasteiger partial charge in [-0.25, -0.2) is 14.8 Å². The molecule has 8 heteroatoms. The normalized spacial score (nSPS) is 17.0. The molecule has 3 rings (SSSR count). The van der Waals surface area contributed by atoms with E-state index in [0.29, 0.717) is 5.92 Å². The summed E-state index contributed by atoms with van der Waals surface area (Å²) in [5.74, 6) is 0.512. The Hall–Kier alpha value is -1.67. The van der Waals surface area contributed by atoms with Crippen LogP contribution in [0.5, 0.6) is 0 Å². The molecule has 2 aromatic heterocycles. The van der Waals surface area contributed by atoms with Gasteiger partial charge >= 0.3 is 6.03 Å². The predicted molar refractivity (Wildman–Crippen MR) is 106 cm³/mol. The molecule has 2 heterocycles. The van der Waals surface area contributed by atoms with Crippen LogP contribution < -0.4 is 10.6 Å². The van der Waals surface area contributed by atoms with Crippen molar-refractivity contribution in [2.24, 2.45) is 5.92 Å². The molecule has 0 radical (unpaired) electrons. The number of fused-ring (bicyclic) bond motifs is 3. The summed E-state index contributed by atoms with van der Waals surface area (Å²) in [6.07, 6.45) is 4.86. The van der Waals surface area contributed by atoms with Gasteiger partial charge in [-0.2, -0.15) is 0 Å². The fourth-order valence-corrected chi connectivity index (χ4v) is 5.26. The smallest absolute Gasteiger partial charge is 0.321 e. The van der Waals surface area contributed by atoms with Crippen molar-refractivity contribution in [3.05, 3.63) is 16.8 Å². The molecule has 0 aliphatic heterocycles. The molecule has 2 N–H and O–H groups in total. The zero-order valence-corrected chi connectivity index (χ0v) is 17.1. The van der Waals surface area contributed by atoms with Crippen molar-refractivity contribution in [2.75, 3.05) is 5.75 Å². The Morgan fingerprint density at radius 3 is 2.85 bits per heavy atom. The van der Waals surface area contributed by atoms with E-state index >= 15 is 0 Å². The standard InChI is InChI=1S/C18H24N4O2S2/c1-10-5-6-11-12(7-10)26-16-14(11)15(19-9-20-16)25-8-13(23)21-17(24)22-18(2,3)4/h9-10H,5-8H2,1-4H3,(H2,21,22,23,24)/t10-/m0/s1. The summed E-state index contributed by atoms with van der Waals surface area (Å²) in [6.45, 7) is 7.87. The van der Waals surface area contributed by atoms with Gasteiger partial charge in [-0.05, 0) is 51.5 Å². The fourth-order valence-electron chi connectivity index (χ4n) is 3.02. The van der Waals surface area contributed by atoms with E-state index in [1.165, 1.54) is 28.6 Å². The molecule has 0 spiro atoms. The maximum Gasteiger partial charge on any atom is 0.321 e. The van der Waals surface area contributed by atoms with Crippen molar-refractivity contribution >= 4 is 45.3 Å². The highest BCUT2D eigenvalue weighted by Crippen LogP contribution is 2.40. The lowest BCUT2D eigenvalue weighted by Crippen LogP contribution is -2.48. The Bertz CT molecular complexity index is 842. The van der Waals surface area contributed by atoms with Gasteiger partial charge in [0.05, 0.1) is 5.75 Å². The number of carbonyl (C=O) groups is 2. The zero-order valence-electron chi connectivity index (χ0n) is 15.5. The summed E-state index contributed by atoms with van der Waals surface area (Å²) in [5.41, 5.74) is 0.959. The van der Waals surface area contributed by atoms with Crippen molar-refractivity contribution in [3.8, 4) is 0 Å². The van der Waals surface area contributed by atoms with Crippen LogP contribution in [0.4, 0.5) is 4.79 Å². The van der Waals surface area contributed by atoms with Gasteiger partial charge in [0.25, 0.3) is 0 Å². The van der Waals surface area contributed by atoms with Crippen molar-refractivity contribution in [1.29, 1.82) is 0 Å². The van der Waals surface area contributed by atoms with Crippen LogP contribution in [0.1, 0.15) is 44.6 Å². The molecule has 0 saturated heterocycles. The number of hydrogen-bond donors (Lipinski definition) is 2. The van der Waals surface area contributed by atoms with E-state index in [4.69, 9.17) is 0 Å². The lowest BCUT2D eigenvalue weighted by Gasteiger charge is -2.20. The number of nitrogens with one attached hydrogen (secondary N) is 2. The summed E-state index contributed by atoms with van der Waals surface area (Å²) in [7, 11) is 0. The number of urea groups is 1. The van der Waals surface area contributed by atoms with Crippen LogP contribution in [0, 0.1) is 5.92 Å². The second-order valence-corrected chi connectivity index (χ2v) is 9.80. The molecule has 1 aliphatic carbocycles. The Morgan fingerprint density at radius 2 is 2.12 bits per heavy atom. The quantitative estimate of drug-likeness (QED) is 0.617. The molecular formula is C18H24N4O2S2. The van der Waals surface area contributed by atoms with Crippen LogP contribution in [-0.2, 0) is 17.6 Å². The van der Waals surface area contributed by atoms with Crippen molar-refractivity contribution < 1.29 is 9.59 Å². The second kappa shape index (κ2) is 7.52. The molecule has 1 atom stereocenters. The van der Waals surface area contributed by atoms with E-state index in [9.17, 15) is 9.59 Å². The SMILES string of the molecule is C[C@H]1CCc2c(sc3ncnc(SCC(=O)NC(=O)NC(C)(C)C)c23)C1. The van der Waals surface area contributed by atoms with Crippen LogP contribution in [0.25, 0.3) is 10.2 Å². The number of hydrogen-bond acceptors (Lipinski definition) is 6. The third-order valence-electron chi connectivity index (χ3n) is 4.14. The Balaban J connectivity index is 1.70. The number of carbonyl (C=O) groups excluding carboxylic acids is 2. The Kier molecular flexibility index (Phi) is 5.53. The van der Waals surface area contributed by atoms with E-state index in [1.807, 2.05) is 20.8 Å². The first-order valence-corrected chi connectivity index (χ1v) is 10.5. The molecule has 0 saturated carbocycles. The van der Waals surface area contributed by atoms with Crippen LogP contribution in [-0.4, -0.2) is 33.2 Å². The van der Waals surface area contributed by atoms with E-state index in [-0.39, 0.29) is 17.2 Å². The molecule has 0 bridgehead atoms. The van der Waals surface area contributed by atoms with Crippen molar-refractivity contribution in [2.45, 2.75) is 57.5 Å². The maximum absolute atomic E-state index is 12.1. The Labute approximate surface area is 161 Å². The number of aryl methyl sites for hydroxylation is 1. The Morgan fingerprint density at radius 1 is 1.35 bits per heavy atom. The number of imide groups is 1. The maximum atomic E-state index is 12.1. The van der Waals surface area contributed by atoms with Gasteiger partial charge in [0, 0.05) is 15.8 Å². The van der Waals surface area contributed by atoms with E-state index in [0.717, 1.165) is 28.1 Å². The highest BCUT2D eigenvalue weighted by Gasteiger charge is 2.23. The number of rotatable bonds is 3. The topological polar surface area (TPSA) is 84.0 Å². The molecule has 3 amide bonds. The first-order valence-electron chi connectivity index (χ1n) is 8.73. The fraction of sp³-hybridized carbons (Fsp3) is 0.556. The molecule has 140 valence electrons. The lowest BCUT2D eigenvalue weighted by molar-refractivity contribution is -0.117. The number of nitrogens with zero attached hydrogens (tertiary/aromatic N) is 2. The van der Waals surface area contributed by atoms with Gasteiger partial charge in [0.2, 0.25) is 5.91 Å². The highest BCUT2D eigenvalue weighted by atomic mass is 32.2. The minimum absolute atomic E-state index is 0.144. The number of thiophene rings is 1. The summed E-state index contributed by atoms with van der Waals surface area (Å²) < 4.78 is 0. The van der Waals surface area contributed by atoms with Gasteiger partial charge in [0.1, 0.15) is 16.2 Å². The van der Waals surface area contributed by atoms with E-state index in [2.05, 4.69) is 27.5 Å². The van der Waals surface area contributed by atoms with Gasteiger partial charge in [-0.15, -0.1) is 11.3 Å². The third-order valence-corrected chi connectivity index (χ3v) is 6.29. The highest BCUT2D eigenvalue weighted by molar-refractivity contribution is 8.00. The second-order valence-electron chi connectivity index (χ2n) is 7.75. The summed E-state index contributed by atoms with van der Waals surface area (Å²) >= 11 is 3.10. The van der Waals surface area contributed by atoms with Crippen LogP contribution in [0.15, 0.2) is 11.4 Å². The van der Waals surface area contributed by atoms with E-state index in [1.54, 1.807) is 17.7 Å². The molecule has 2 aromatic rings. The van der Waals surface area contributed by atoms with Crippen LogP contribution in [0.2, 0.25) is 0 Å². The third kappa shape index (κ3) is 4.54. The first-order chi connectivity index (χ1) is 12.2. The van der Waals surface area contributed by atoms with Crippen LogP contribution >= 0.6 is 23.1 Å². The van der Waals surface area contributed by atoms with Crippen molar-refractivity contribution in [3.63, 3.8) is 0 Å². The number of thioether (sulfide) groups is 1. The van der Waals surface area contributed by atoms with E-state index < -0.39 is 6.03 Å². The summed E-state index contributed by atoms with van der Waals surface area (Å²) in [6, 6.07) is -0.474. The van der Waals surface area contributed by atoms with Gasteiger partial charge < -0.3 is 5.32 Å². The molecule has 1 aliphatic rings. The summed E-state index contributed by atoms with van der Waals surface area (Å²) in [4.78, 5) is 35.1. The van der Waals surface area contributed by atoms with Gasteiger partial charge in [-0.3, -0.25) is 10.1 Å². The zero-order chi connectivity index (χ0) is 18.9. The molecule has 0 unspecified atom stereocenters. The molecular weight excluding hydrogens is 368 g/mol. The minimum Gasteiger partial charge on any atom is -0.333 e. The molecule has 26 heavy (non-hydrogen) atoms. The largest absolute Gasteiger partial charge is 0.333 e.